The predicted octanol–water partition coefficient (Wildman–Crippen LogP) is 4.75. The number of carbonyl (C=O) groups excluding carboxylic acids is 2. The van der Waals surface area contributed by atoms with Crippen molar-refractivity contribution in [3.05, 3.63) is 74.3 Å². The van der Waals surface area contributed by atoms with Gasteiger partial charge in [0.05, 0.1) is 11.4 Å². The van der Waals surface area contributed by atoms with Gasteiger partial charge in [0, 0.05) is 16.6 Å². The van der Waals surface area contributed by atoms with Gasteiger partial charge in [0.2, 0.25) is 5.91 Å². The molecule has 2 heterocycles. The Balaban J connectivity index is 1.42. The predicted molar refractivity (Wildman–Crippen MR) is 141 cm³/mol. The van der Waals surface area contributed by atoms with Crippen molar-refractivity contribution >= 4 is 69.2 Å². The molecule has 0 bridgehead atoms. The molecule has 1 aliphatic heterocycles. The zero-order chi connectivity index (χ0) is 26.9. The molecule has 37 heavy (non-hydrogen) atoms. The Hall–Kier alpha value is -3.65. The van der Waals surface area contributed by atoms with Crippen LogP contribution in [-0.2, 0) is 9.59 Å². The first-order valence-corrected chi connectivity index (χ1v) is 12.6. The van der Waals surface area contributed by atoms with Crippen molar-refractivity contribution < 1.29 is 33.4 Å². The minimum Gasteiger partial charge on any atom is -0.507 e. The highest BCUT2D eigenvalue weighted by atomic mass is 32.2. The molecule has 1 aliphatic rings. The van der Waals surface area contributed by atoms with Crippen molar-refractivity contribution in [3.8, 4) is 16.9 Å². The second-order valence-corrected chi connectivity index (χ2v) is 10.3. The maximum atomic E-state index is 13.7. The van der Waals surface area contributed by atoms with Gasteiger partial charge in [-0.2, -0.15) is 0 Å². The van der Waals surface area contributed by atoms with E-state index >= 15 is 0 Å². The summed E-state index contributed by atoms with van der Waals surface area (Å²) in [5.74, 6) is -4.72. The summed E-state index contributed by atoms with van der Waals surface area (Å²) in [6, 6.07) is 7.22. The zero-order valence-electron chi connectivity index (χ0n) is 18.9. The van der Waals surface area contributed by atoms with E-state index in [4.69, 9.17) is 17.3 Å². The molecule has 0 aliphatic carbocycles. The zero-order valence-corrected chi connectivity index (χ0v) is 21.3. The quantitative estimate of drug-likeness (QED) is 0.241. The number of nitrogens with zero attached hydrogens (tertiary/aromatic N) is 1. The van der Waals surface area contributed by atoms with Crippen LogP contribution in [0.15, 0.2) is 46.7 Å². The minimum absolute atomic E-state index is 0.171. The fourth-order valence-corrected chi connectivity index (χ4v) is 5.70. The summed E-state index contributed by atoms with van der Waals surface area (Å²) in [6.45, 7) is 1.47. The molecule has 2 aromatic carbocycles. The number of carboxylic acids is 1. The molecule has 0 unspecified atom stereocenters. The molecule has 4 N–H and O–H groups in total. The number of phenols is 1. The van der Waals surface area contributed by atoms with E-state index in [2.05, 4.69) is 10.7 Å². The number of hydrogen-bond acceptors (Lipinski definition) is 8. The van der Waals surface area contributed by atoms with E-state index in [1.165, 1.54) is 23.5 Å². The van der Waals surface area contributed by atoms with Crippen molar-refractivity contribution in [1.82, 2.24) is 10.4 Å². The third kappa shape index (κ3) is 5.69. The third-order valence-corrected chi connectivity index (χ3v) is 7.61. The van der Waals surface area contributed by atoms with Gasteiger partial charge >= 0.3 is 5.97 Å². The molecule has 0 spiro atoms. The minimum atomic E-state index is -1.31. The molecule has 0 atom stereocenters. The Morgan fingerprint density at radius 2 is 1.92 bits per heavy atom. The SMILES string of the molecule is Cc1c(-c2ccc(F)c(F)c2)csc1C=C1SC(=S)N(NCC(=O)Nc2ccc(C(=O)O)c(O)c2)C1=O. The summed E-state index contributed by atoms with van der Waals surface area (Å²) < 4.78 is 27.1. The van der Waals surface area contributed by atoms with Gasteiger partial charge in [-0.15, -0.1) is 11.3 Å². The lowest BCUT2D eigenvalue weighted by Gasteiger charge is -2.15. The number of hydrazine groups is 1. The summed E-state index contributed by atoms with van der Waals surface area (Å²) in [4.78, 5) is 37.2. The van der Waals surface area contributed by atoms with Crippen LogP contribution in [0.3, 0.4) is 0 Å². The molecule has 13 heteroatoms. The molecule has 0 saturated carbocycles. The average molecular weight is 562 g/mol. The highest BCUT2D eigenvalue weighted by Gasteiger charge is 2.33. The van der Waals surface area contributed by atoms with Crippen molar-refractivity contribution in [2.24, 2.45) is 0 Å². The van der Waals surface area contributed by atoms with Gasteiger partial charge in [0.15, 0.2) is 16.0 Å². The van der Waals surface area contributed by atoms with Crippen molar-refractivity contribution in [2.75, 3.05) is 11.9 Å². The second-order valence-electron chi connectivity index (χ2n) is 7.70. The number of anilines is 1. The van der Waals surface area contributed by atoms with E-state index in [0.29, 0.717) is 16.0 Å². The van der Waals surface area contributed by atoms with Gasteiger partial charge in [-0.05, 0) is 59.3 Å². The Labute approximate surface area is 222 Å². The Morgan fingerprint density at radius 1 is 1.16 bits per heavy atom. The number of hydrogen-bond donors (Lipinski definition) is 4. The van der Waals surface area contributed by atoms with Gasteiger partial charge in [-0.1, -0.05) is 30.0 Å². The first kappa shape index (κ1) is 26.4. The van der Waals surface area contributed by atoms with Crippen LogP contribution in [0.5, 0.6) is 5.75 Å². The standard InChI is InChI=1S/C24H17F2N3O5S3/c1-11-15(12-2-5-16(25)17(26)6-12)10-36-19(11)8-20-22(32)29(24(35)37-20)27-9-21(31)28-13-3-4-14(23(33)34)18(30)7-13/h2-8,10,27,30H,9H2,1H3,(H,28,31)(H,33,34). The van der Waals surface area contributed by atoms with Gasteiger partial charge in [-0.3, -0.25) is 9.59 Å². The van der Waals surface area contributed by atoms with Crippen LogP contribution in [0, 0.1) is 18.6 Å². The normalized spacial score (nSPS) is 14.5. The topological polar surface area (TPSA) is 119 Å². The molecular weight excluding hydrogens is 544 g/mol. The second kappa shape index (κ2) is 10.8. The molecule has 2 amide bonds. The summed E-state index contributed by atoms with van der Waals surface area (Å²) in [6.07, 6.45) is 1.65. The number of aromatic carboxylic acids is 1. The van der Waals surface area contributed by atoms with Crippen molar-refractivity contribution in [3.63, 3.8) is 0 Å². The van der Waals surface area contributed by atoms with Crippen molar-refractivity contribution in [1.29, 1.82) is 0 Å². The molecular formula is C24H17F2N3O5S3. The molecule has 1 saturated heterocycles. The lowest BCUT2D eigenvalue weighted by molar-refractivity contribution is -0.124. The smallest absolute Gasteiger partial charge is 0.339 e. The molecule has 3 aromatic rings. The first-order chi connectivity index (χ1) is 17.5. The number of halogens is 2. The summed E-state index contributed by atoms with van der Waals surface area (Å²) in [5, 5.41) is 24.0. The monoisotopic (exact) mass is 561 g/mol. The number of rotatable bonds is 7. The van der Waals surface area contributed by atoms with Crippen LogP contribution >= 0.6 is 35.3 Å². The molecule has 1 fully saturated rings. The van der Waals surface area contributed by atoms with E-state index < -0.39 is 35.2 Å². The molecule has 4 rings (SSSR count). The number of nitrogens with one attached hydrogen (secondary N) is 2. The lowest BCUT2D eigenvalue weighted by atomic mass is 10.0. The first-order valence-electron chi connectivity index (χ1n) is 10.5. The van der Waals surface area contributed by atoms with Crippen LogP contribution in [0.1, 0.15) is 20.8 Å². The maximum Gasteiger partial charge on any atom is 0.339 e. The molecule has 190 valence electrons. The third-order valence-electron chi connectivity index (χ3n) is 5.27. The van der Waals surface area contributed by atoms with Crippen LogP contribution < -0.4 is 10.7 Å². The Morgan fingerprint density at radius 3 is 2.59 bits per heavy atom. The average Bonchev–Trinajstić information content (AvgIpc) is 3.32. The van der Waals surface area contributed by atoms with E-state index in [1.54, 1.807) is 11.5 Å². The molecule has 8 nitrogen and oxygen atoms in total. The number of thiocarbonyl (C=S) groups is 1. The van der Waals surface area contributed by atoms with E-state index in [9.17, 15) is 28.3 Å². The fraction of sp³-hybridized carbons (Fsp3) is 0.0833. The highest BCUT2D eigenvalue weighted by Crippen LogP contribution is 2.37. The van der Waals surface area contributed by atoms with Gasteiger partial charge in [0.1, 0.15) is 11.3 Å². The van der Waals surface area contributed by atoms with E-state index in [-0.39, 0.29) is 22.1 Å². The van der Waals surface area contributed by atoms with Crippen LogP contribution in [-0.4, -0.2) is 43.9 Å². The summed E-state index contributed by atoms with van der Waals surface area (Å²) in [7, 11) is 0. The Bertz CT molecular complexity index is 1490. The Kier molecular flexibility index (Phi) is 7.68. The van der Waals surface area contributed by atoms with Crippen LogP contribution in [0.25, 0.3) is 17.2 Å². The van der Waals surface area contributed by atoms with Crippen LogP contribution in [0.4, 0.5) is 14.5 Å². The number of thiophene rings is 1. The van der Waals surface area contributed by atoms with E-state index in [1.807, 2.05) is 6.92 Å². The number of benzene rings is 2. The highest BCUT2D eigenvalue weighted by molar-refractivity contribution is 8.26. The lowest BCUT2D eigenvalue weighted by Crippen LogP contribution is -2.44. The van der Waals surface area contributed by atoms with Crippen LogP contribution in [0.2, 0.25) is 0 Å². The number of thioether (sulfide) groups is 1. The number of carbonyl (C=O) groups is 3. The molecule has 1 aromatic heterocycles. The summed E-state index contributed by atoms with van der Waals surface area (Å²) in [5.41, 5.74) is 4.53. The van der Waals surface area contributed by atoms with Gasteiger partial charge < -0.3 is 15.5 Å². The molecule has 0 radical (unpaired) electrons. The fourth-order valence-electron chi connectivity index (χ4n) is 3.39. The maximum absolute atomic E-state index is 13.7. The van der Waals surface area contributed by atoms with Gasteiger partial charge in [0.25, 0.3) is 5.91 Å². The number of aromatic hydroxyl groups is 1. The van der Waals surface area contributed by atoms with Crippen molar-refractivity contribution in [2.45, 2.75) is 6.92 Å². The summed E-state index contributed by atoms with van der Waals surface area (Å²) >= 11 is 7.63. The van der Waals surface area contributed by atoms with Gasteiger partial charge in [-0.25, -0.2) is 24.0 Å². The number of amides is 2. The largest absolute Gasteiger partial charge is 0.507 e. The number of carboxylic acid groups (broad SMARTS) is 1. The van der Waals surface area contributed by atoms with E-state index in [0.717, 1.165) is 51.5 Å².